The monoisotopic (exact) mass is 303 g/mol. The summed E-state index contributed by atoms with van der Waals surface area (Å²) in [5.74, 6) is 0.0446. The number of aliphatic hydroxyl groups is 1. The summed E-state index contributed by atoms with van der Waals surface area (Å²) < 4.78 is 39.7. The fourth-order valence-electron chi connectivity index (χ4n) is 1.80. The molecule has 0 saturated heterocycles. The molecule has 0 aliphatic carbocycles. The van der Waals surface area contributed by atoms with E-state index in [0.29, 0.717) is 13.0 Å². The van der Waals surface area contributed by atoms with E-state index < -0.39 is 11.9 Å². The summed E-state index contributed by atoms with van der Waals surface area (Å²) in [7, 11) is 0. The Morgan fingerprint density at radius 2 is 2.05 bits per heavy atom. The molecule has 2 N–H and O–H groups in total. The number of fused-ring (bicyclic) bond motifs is 1. The quantitative estimate of drug-likeness (QED) is 0.883. The molecule has 2 rings (SSSR count). The highest BCUT2D eigenvalue weighted by Crippen LogP contribution is 2.30. The van der Waals surface area contributed by atoms with E-state index in [9.17, 15) is 13.2 Å². The summed E-state index contributed by atoms with van der Waals surface area (Å²) >= 11 is 0. The number of hydrogen-bond acceptors (Lipinski definition) is 5. The van der Waals surface area contributed by atoms with Crippen LogP contribution in [0.5, 0.6) is 0 Å². The zero-order chi connectivity index (χ0) is 15.7. The van der Waals surface area contributed by atoms with Crippen LogP contribution in [0.1, 0.15) is 26.0 Å². The molecule has 0 saturated carbocycles. The van der Waals surface area contributed by atoms with E-state index in [-0.39, 0.29) is 23.6 Å². The molecule has 2 heterocycles. The van der Waals surface area contributed by atoms with Crippen molar-refractivity contribution < 1.29 is 18.3 Å². The minimum absolute atomic E-state index is 0.0115. The van der Waals surface area contributed by atoms with Gasteiger partial charge in [-0.2, -0.15) is 27.8 Å². The zero-order valence-corrected chi connectivity index (χ0v) is 11.6. The maximum Gasteiger partial charge on any atom is 0.433 e. The second kappa shape index (κ2) is 5.47. The van der Waals surface area contributed by atoms with Crippen LogP contribution in [0.2, 0.25) is 0 Å². The molecule has 9 heteroatoms. The number of nitrogens with zero attached hydrogens (tertiary/aromatic N) is 4. The third kappa shape index (κ3) is 3.60. The molecule has 0 spiro atoms. The Hall–Kier alpha value is -1.90. The molecule has 0 aliphatic rings. The van der Waals surface area contributed by atoms with Crippen molar-refractivity contribution in [1.29, 1.82) is 0 Å². The molecule has 0 aliphatic heterocycles. The van der Waals surface area contributed by atoms with Crippen LogP contribution in [0.4, 0.5) is 19.0 Å². The fourth-order valence-corrected chi connectivity index (χ4v) is 1.80. The van der Waals surface area contributed by atoms with Crippen LogP contribution in [-0.2, 0) is 6.18 Å². The molecule has 2 aromatic rings. The van der Waals surface area contributed by atoms with Gasteiger partial charge in [0.15, 0.2) is 5.69 Å². The van der Waals surface area contributed by atoms with Crippen LogP contribution < -0.4 is 5.32 Å². The fraction of sp³-hybridized carbons (Fsp3) is 0.583. The number of aromatic nitrogens is 4. The van der Waals surface area contributed by atoms with Crippen molar-refractivity contribution in [3.8, 4) is 0 Å². The Labute approximate surface area is 119 Å². The summed E-state index contributed by atoms with van der Waals surface area (Å²) in [6, 6.07) is 0.900. The van der Waals surface area contributed by atoms with Crippen molar-refractivity contribution in [3.05, 3.63) is 18.1 Å². The SMILES string of the molecule is CC(C)(CCO)CNc1cc(C(F)(F)F)nc2ncnn12. The summed E-state index contributed by atoms with van der Waals surface area (Å²) in [6.07, 6.45) is -2.88. The van der Waals surface area contributed by atoms with Crippen molar-refractivity contribution in [3.63, 3.8) is 0 Å². The van der Waals surface area contributed by atoms with Crippen LogP contribution in [0.25, 0.3) is 5.78 Å². The Kier molecular flexibility index (Phi) is 4.04. The van der Waals surface area contributed by atoms with Gasteiger partial charge < -0.3 is 10.4 Å². The van der Waals surface area contributed by atoms with Gasteiger partial charge in [0.05, 0.1) is 0 Å². The Morgan fingerprint density at radius 1 is 1.33 bits per heavy atom. The normalized spacial score (nSPS) is 12.9. The van der Waals surface area contributed by atoms with Crippen molar-refractivity contribution in [1.82, 2.24) is 19.6 Å². The van der Waals surface area contributed by atoms with E-state index in [1.807, 2.05) is 13.8 Å². The van der Waals surface area contributed by atoms with Crippen molar-refractivity contribution >= 4 is 11.6 Å². The van der Waals surface area contributed by atoms with Crippen LogP contribution in [0, 0.1) is 5.41 Å². The maximum absolute atomic E-state index is 12.8. The highest BCUT2D eigenvalue weighted by molar-refractivity contribution is 5.45. The van der Waals surface area contributed by atoms with E-state index in [1.54, 1.807) is 0 Å². The van der Waals surface area contributed by atoms with Gasteiger partial charge in [-0.25, -0.2) is 4.98 Å². The maximum atomic E-state index is 12.8. The highest BCUT2D eigenvalue weighted by atomic mass is 19.4. The molecule has 0 unspecified atom stereocenters. The molecule has 0 aromatic carbocycles. The predicted molar refractivity (Wildman–Crippen MR) is 69.8 cm³/mol. The summed E-state index contributed by atoms with van der Waals surface area (Å²) in [6.45, 7) is 4.20. The molecule has 0 radical (unpaired) electrons. The standard InChI is InChI=1S/C12H16F3N5O/c1-11(2,3-4-21)6-16-9-5-8(12(13,14)15)19-10-17-7-18-20(9)10/h5,7,16,21H,3-4,6H2,1-2H3. The van der Waals surface area contributed by atoms with Gasteiger partial charge in [-0.3, -0.25) is 0 Å². The lowest BCUT2D eigenvalue weighted by Crippen LogP contribution is -2.25. The van der Waals surface area contributed by atoms with Crippen LogP contribution in [-0.4, -0.2) is 37.8 Å². The number of nitrogens with one attached hydrogen (secondary N) is 1. The van der Waals surface area contributed by atoms with E-state index in [0.717, 1.165) is 12.4 Å². The number of alkyl halides is 3. The van der Waals surface area contributed by atoms with Gasteiger partial charge in [0.2, 0.25) is 0 Å². The van der Waals surface area contributed by atoms with Gasteiger partial charge in [-0.05, 0) is 11.8 Å². The Balaban J connectivity index is 2.32. The molecule has 0 atom stereocenters. The van der Waals surface area contributed by atoms with Crippen LogP contribution in [0.3, 0.4) is 0 Å². The topological polar surface area (TPSA) is 75.3 Å². The third-order valence-corrected chi connectivity index (χ3v) is 3.08. The van der Waals surface area contributed by atoms with Gasteiger partial charge in [-0.1, -0.05) is 13.8 Å². The summed E-state index contributed by atoms with van der Waals surface area (Å²) in [5.41, 5.74) is -1.30. The zero-order valence-electron chi connectivity index (χ0n) is 11.6. The molecular formula is C12H16F3N5O. The average Bonchev–Trinajstić information content (AvgIpc) is 2.82. The van der Waals surface area contributed by atoms with Crippen molar-refractivity contribution in [2.75, 3.05) is 18.5 Å². The second-order valence-electron chi connectivity index (χ2n) is 5.49. The molecule has 0 fully saturated rings. The van der Waals surface area contributed by atoms with E-state index in [2.05, 4.69) is 20.4 Å². The number of halogens is 3. The first kappa shape index (κ1) is 15.5. The van der Waals surface area contributed by atoms with Gasteiger partial charge >= 0.3 is 6.18 Å². The minimum atomic E-state index is -4.55. The van der Waals surface area contributed by atoms with Crippen LogP contribution >= 0.6 is 0 Å². The molecule has 0 amide bonds. The largest absolute Gasteiger partial charge is 0.433 e. The highest BCUT2D eigenvalue weighted by Gasteiger charge is 2.34. The van der Waals surface area contributed by atoms with Gasteiger partial charge in [0.1, 0.15) is 12.1 Å². The lowest BCUT2D eigenvalue weighted by atomic mass is 9.90. The molecule has 21 heavy (non-hydrogen) atoms. The number of hydrogen-bond donors (Lipinski definition) is 2. The van der Waals surface area contributed by atoms with Gasteiger partial charge in [0.25, 0.3) is 5.78 Å². The molecule has 0 bridgehead atoms. The Morgan fingerprint density at radius 3 is 2.67 bits per heavy atom. The molecule has 6 nitrogen and oxygen atoms in total. The van der Waals surface area contributed by atoms with E-state index in [4.69, 9.17) is 5.11 Å². The molecular weight excluding hydrogens is 287 g/mol. The Bertz CT molecular complexity index is 623. The first-order valence-corrected chi connectivity index (χ1v) is 6.36. The van der Waals surface area contributed by atoms with Crippen LogP contribution in [0.15, 0.2) is 12.4 Å². The smallest absolute Gasteiger partial charge is 0.396 e. The first-order chi connectivity index (χ1) is 9.73. The summed E-state index contributed by atoms with van der Waals surface area (Å²) in [4.78, 5) is 7.13. The predicted octanol–water partition coefficient (Wildman–Crippen LogP) is 1.96. The van der Waals surface area contributed by atoms with Crippen molar-refractivity contribution in [2.24, 2.45) is 5.41 Å². The minimum Gasteiger partial charge on any atom is -0.396 e. The van der Waals surface area contributed by atoms with Crippen molar-refractivity contribution in [2.45, 2.75) is 26.4 Å². The molecule has 116 valence electrons. The third-order valence-electron chi connectivity index (χ3n) is 3.08. The van der Waals surface area contributed by atoms with Gasteiger partial charge in [-0.15, -0.1) is 0 Å². The number of rotatable bonds is 5. The first-order valence-electron chi connectivity index (χ1n) is 6.36. The van der Waals surface area contributed by atoms with E-state index in [1.165, 1.54) is 4.52 Å². The molecule has 2 aromatic heterocycles. The average molecular weight is 303 g/mol. The van der Waals surface area contributed by atoms with Gasteiger partial charge in [0, 0.05) is 19.2 Å². The van der Waals surface area contributed by atoms with E-state index >= 15 is 0 Å². The number of aliphatic hydroxyl groups excluding tert-OH is 1. The lowest BCUT2D eigenvalue weighted by molar-refractivity contribution is -0.141. The number of anilines is 1. The lowest BCUT2D eigenvalue weighted by Gasteiger charge is -2.24. The summed E-state index contributed by atoms with van der Waals surface area (Å²) in [5, 5.41) is 15.7. The second-order valence-corrected chi connectivity index (χ2v) is 5.49.